The Balaban J connectivity index is 1.45. The van der Waals surface area contributed by atoms with Crippen molar-refractivity contribution in [3.63, 3.8) is 0 Å². The Labute approximate surface area is 315 Å². The number of rotatable bonds is 13. The van der Waals surface area contributed by atoms with Crippen molar-refractivity contribution in [2.45, 2.75) is 94.9 Å². The zero-order chi connectivity index (χ0) is 39.5. The normalized spacial score (nSPS) is 20.2. The van der Waals surface area contributed by atoms with E-state index >= 15 is 0 Å². The lowest BCUT2D eigenvalue weighted by atomic mass is 9.78. The van der Waals surface area contributed by atoms with Gasteiger partial charge in [0, 0.05) is 75.1 Å². The van der Waals surface area contributed by atoms with Crippen LogP contribution in [0, 0.1) is 0 Å². The van der Waals surface area contributed by atoms with Crippen LogP contribution >= 0.6 is 11.3 Å². The number of carbonyl (C=O) groups is 3. The summed E-state index contributed by atoms with van der Waals surface area (Å²) < 4.78 is 100. The molecule has 294 valence electrons. The number of sulfone groups is 1. The molecule has 3 aromatic rings. The number of halogens is 5. The number of alkyl halides is 5. The van der Waals surface area contributed by atoms with Crippen LogP contribution in [0.15, 0.2) is 54.2 Å². The Morgan fingerprint density at radius 1 is 1.06 bits per heavy atom. The standard InChI is InChI=1S/C38H44F5N3O6S2/c1-4-8-32-37(52-28-21-33(53-23-28)38(41,42)43,16-7-18-46(32)34(48)30-22-44-17-13-31(30)36(2,39)40)35(49)45-19-14-26(15-20-45)29-10-6-5-9-25(29)11-12-27(47)24-54(3,50)51/h5-6,9-10,13,17,21-23,26,32H,4,7-8,11-12,14-16,18-20,24H2,1-3H3/t32-,37+/m1/s1. The second-order valence-corrected chi connectivity index (χ2v) is 17.3. The molecule has 2 saturated heterocycles. The molecule has 2 aliphatic rings. The number of ether oxygens (including phenoxy) is 1. The van der Waals surface area contributed by atoms with E-state index in [1.54, 1.807) is 4.90 Å². The summed E-state index contributed by atoms with van der Waals surface area (Å²) in [7, 11) is -3.45. The van der Waals surface area contributed by atoms with E-state index in [0.717, 1.165) is 41.9 Å². The fourth-order valence-corrected chi connectivity index (χ4v) is 9.10. The van der Waals surface area contributed by atoms with Gasteiger partial charge in [-0.25, -0.2) is 17.2 Å². The highest BCUT2D eigenvalue weighted by Gasteiger charge is 2.56. The number of carbonyl (C=O) groups excluding carboxylic acids is 3. The first-order valence-corrected chi connectivity index (χ1v) is 20.8. The zero-order valence-electron chi connectivity index (χ0n) is 30.3. The molecule has 0 saturated carbocycles. The van der Waals surface area contributed by atoms with Gasteiger partial charge in [-0.05, 0) is 55.2 Å². The lowest BCUT2D eigenvalue weighted by molar-refractivity contribution is -0.160. The lowest BCUT2D eigenvalue weighted by Crippen LogP contribution is -2.68. The van der Waals surface area contributed by atoms with E-state index in [0.29, 0.717) is 43.9 Å². The van der Waals surface area contributed by atoms with Gasteiger partial charge >= 0.3 is 6.18 Å². The number of piperidine rings is 2. The molecule has 2 aliphatic heterocycles. The second kappa shape index (κ2) is 16.4. The summed E-state index contributed by atoms with van der Waals surface area (Å²) >= 11 is 0.424. The van der Waals surface area contributed by atoms with Crippen LogP contribution in [-0.4, -0.2) is 84.1 Å². The molecule has 0 unspecified atom stereocenters. The maximum absolute atomic E-state index is 14.9. The third-order valence-electron chi connectivity index (χ3n) is 10.1. The first-order valence-electron chi connectivity index (χ1n) is 17.9. The number of amides is 2. The van der Waals surface area contributed by atoms with Gasteiger partial charge in [0.2, 0.25) is 5.60 Å². The first-order chi connectivity index (χ1) is 25.3. The van der Waals surface area contributed by atoms with Gasteiger partial charge in [-0.1, -0.05) is 37.6 Å². The predicted octanol–water partition coefficient (Wildman–Crippen LogP) is 7.45. The van der Waals surface area contributed by atoms with Crippen molar-refractivity contribution < 1.29 is 49.5 Å². The highest BCUT2D eigenvalue weighted by atomic mass is 32.2. The molecule has 0 aliphatic carbocycles. The van der Waals surface area contributed by atoms with Gasteiger partial charge in [-0.3, -0.25) is 19.4 Å². The molecule has 2 atom stereocenters. The van der Waals surface area contributed by atoms with Gasteiger partial charge in [0.1, 0.15) is 22.2 Å². The van der Waals surface area contributed by atoms with Gasteiger partial charge in [0.05, 0.1) is 11.6 Å². The van der Waals surface area contributed by atoms with E-state index in [4.69, 9.17) is 4.74 Å². The summed E-state index contributed by atoms with van der Waals surface area (Å²) in [4.78, 5) is 47.4. The monoisotopic (exact) mass is 797 g/mol. The Kier molecular flexibility index (Phi) is 12.6. The molecule has 54 heavy (non-hydrogen) atoms. The minimum atomic E-state index is -4.65. The van der Waals surface area contributed by atoms with Crippen LogP contribution in [0.1, 0.15) is 96.6 Å². The van der Waals surface area contributed by atoms with Crippen molar-refractivity contribution >= 4 is 38.8 Å². The molecule has 0 radical (unpaired) electrons. The van der Waals surface area contributed by atoms with Crippen LogP contribution in [-0.2, 0) is 37.9 Å². The van der Waals surface area contributed by atoms with Crippen LogP contribution in [0.25, 0.3) is 0 Å². The maximum Gasteiger partial charge on any atom is 0.425 e. The third kappa shape index (κ3) is 9.47. The van der Waals surface area contributed by atoms with Gasteiger partial charge in [-0.15, -0.1) is 11.3 Å². The molecular weight excluding hydrogens is 754 g/mol. The van der Waals surface area contributed by atoms with Gasteiger partial charge in [-0.2, -0.15) is 13.2 Å². The molecule has 16 heteroatoms. The predicted molar refractivity (Wildman–Crippen MR) is 193 cm³/mol. The summed E-state index contributed by atoms with van der Waals surface area (Å²) in [5.74, 6) is -5.74. The third-order valence-corrected chi connectivity index (χ3v) is 11.9. The van der Waals surface area contributed by atoms with Gasteiger partial charge < -0.3 is 14.5 Å². The first kappa shape index (κ1) is 41.2. The average Bonchev–Trinajstić information content (AvgIpc) is 3.59. The largest absolute Gasteiger partial charge is 0.474 e. The molecule has 0 bridgehead atoms. The van der Waals surface area contributed by atoms with Crippen molar-refractivity contribution in [1.82, 2.24) is 14.8 Å². The number of nitrogens with zero attached hydrogens (tertiary/aromatic N) is 3. The number of likely N-dealkylation sites (tertiary alicyclic amines) is 2. The zero-order valence-corrected chi connectivity index (χ0v) is 32.0. The number of Topliss-reactive ketones (excluding diaryl/α,β-unsaturated/α-hetero) is 1. The molecule has 4 heterocycles. The lowest BCUT2D eigenvalue weighted by Gasteiger charge is -2.50. The Hall–Kier alpha value is -3.92. The fourth-order valence-electron chi connectivity index (χ4n) is 7.70. The topological polar surface area (TPSA) is 114 Å². The minimum Gasteiger partial charge on any atom is -0.474 e. The molecule has 2 amide bonds. The molecule has 0 N–H and O–H groups in total. The Morgan fingerprint density at radius 3 is 2.39 bits per heavy atom. The van der Waals surface area contributed by atoms with E-state index in [2.05, 4.69) is 4.98 Å². The number of hydrogen-bond donors (Lipinski definition) is 0. The van der Waals surface area contributed by atoms with Crippen LogP contribution in [0.5, 0.6) is 5.75 Å². The van der Waals surface area contributed by atoms with E-state index in [9.17, 15) is 44.8 Å². The molecule has 2 aromatic heterocycles. The SMILES string of the molecule is CCC[C@H]1N(C(=O)c2cnccc2C(C)(F)F)CCC[C@@]1(Oc1csc(C(F)(F)F)c1)C(=O)N1CCC(c2ccccc2CCC(=O)CS(C)(=O)=O)CC1. The number of thiophene rings is 1. The van der Waals surface area contributed by atoms with Crippen molar-refractivity contribution in [3.8, 4) is 5.75 Å². The van der Waals surface area contributed by atoms with E-state index in [-0.39, 0.29) is 68.3 Å². The average molecular weight is 798 g/mol. The van der Waals surface area contributed by atoms with E-state index in [1.165, 1.54) is 10.3 Å². The number of ketones is 1. The van der Waals surface area contributed by atoms with Crippen molar-refractivity contribution in [1.29, 1.82) is 0 Å². The number of hydrogen-bond acceptors (Lipinski definition) is 8. The number of pyridine rings is 1. The quantitative estimate of drug-likeness (QED) is 0.165. The van der Waals surface area contributed by atoms with Crippen LogP contribution < -0.4 is 4.74 Å². The minimum absolute atomic E-state index is 0.00562. The Morgan fingerprint density at radius 2 is 1.76 bits per heavy atom. The smallest absolute Gasteiger partial charge is 0.425 e. The second-order valence-electron chi connectivity index (χ2n) is 14.2. The molecule has 2 fully saturated rings. The summed E-state index contributed by atoms with van der Waals surface area (Å²) in [5.41, 5.74) is -0.800. The summed E-state index contributed by atoms with van der Waals surface area (Å²) in [6.07, 6.45) is 0.967. The summed E-state index contributed by atoms with van der Waals surface area (Å²) in [6, 6.07) is 8.46. The maximum atomic E-state index is 14.9. The van der Waals surface area contributed by atoms with Crippen molar-refractivity contribution in [2.75, 3.05) is 31.6 Å². The van der Waals surface area contributed by atoms with Gasteiger partial charge in [0.15, 0.2) is 9.84 Å². The number of aromatic nitrogens is 1. The fraction of sp³-hybridized carbons (Fsp3) is 0.526. The van der Waals surface area contributed by atoms with E-state index in [1.807, 2.05) is 31.2 Å². The Bertz CT molecular complexity index is 1940. The number of benzene rings is 1. The highest BCUT2D eigenvalue weighted by molar-refractivity contribution is 7.91. The van der Waals surface area contributed by atoms with Gasteiger partial charge in [0.25, 0.3) is 17.7 Å². The van der Waals surface area contributed by atoms with E-state index < -0.39 is 61.6 Å². The summed E-state index contributed by atoms with van der Waals surface area (Å²) in [5, 5.41) is 1.18. The number of aryl methyl sites for hydroxylation is 1. The van der Waals surface area contributed by atoms with Crippen LogP contribution in [0.3, 0.4) is 0 Å². The molecule has 0 spiro atoms. The summed E-state index contributed by atoms with van der Waals surface area (Å²) in [6.45, 7) is 3.12. The molecule has 5 rings (SSSR count). The molecular formula is C38H44F5N3O6S2. The molecule has 1 aromatic carbocycles. The van der Waals surface area contributed by atoms with Crippen molar-refractivity contribution in [2.24, 2.45) is 0 Å². The van der Waals surface area contributed by atoms with Crippen LogP contribution in [0.4, 0.5) is 22.0 Å². The van der Waals surface area contributed by atoms with Crippen LogP contribution in [0.2, 0.25) is 0 Å². The van der Waals surface area contributed by atoms with Crippen molar-refractivity contribution in [3.05, 3.63) is 81.3 Å². The highest BCUT2D eigenvalue weighted by Crippen LogP contribution is 2.43. The molecule has 9 nitrogen and oxygen atoms in total.